The third-order valence-electron chi connectivity index (χ3n) is 4.60. The summed E-state index contributed by atoms with van der Waals surface area (Å²) in [5, 5.41) is 14.4. The van der Waals surface area contributed by atoms with Crippen molar-refractivity contribution >= 4 is 29.4 Å². The maximum atomic E-state index is 12.4. The number of hydrogen-bond acceptors (Lipinski definition) is 5. The zero-order chi connectivity index (χ0) is 21.0. The lowest BCUT2D eigenvalue weighted by Gasteiger charge is -2.15. The van der Waals surface area contributed by atoms with E-state index in [9.17, 15) is 14.9 Å². The molecule has 28 heavy (non-hydrogen) atoms. The molecule has 0 unspecified atom stereocenters. The third-order valence-corrected chi connectivity index (χ3v) is 5.69. The molecule has 7 heteroatoms. The summed E-state index contributed by atoms with van der Waals surface area (Å²) in [5.74, 6) is -0.450. The van der Waals surface area contributed by atoms with Crippen LogP contribution in [-0.4, -0.2) is 22.2 Å². The summed E-state index contributed by atoms with van der Waals surface area (Å²) in [6.45, 7) is 11.2. The van der Waals surface area contributed by atoms with Crippen LogP contribution < -0.4 is 10.6 Å². The summed E-state index contributed by atoms with van der Waals surface area (Å²) in [6.07, 6.45) is 0. The van der Waals surface area contributed by atoms with E-state index in [0.29, 0.717) is 16.3 Å². The average Bonchev–Trinajstić information content (AvgIpc) is 2.62. The summed E-state index contributed by atoms with van der Waals surface area (Å²) in [5.41, 5.74) is 5.76. The number of anilines is 1. The molecule has 0 spiro atoms. The van der Waals surface area contributed by atoms with Gasteiger partial charge in [0.1, 0.15) is 11.1 Å². The number of rotatable bonds is 4. The van der Waals surface area contributed by atoms with Crippen molar-refractivity contribution in [1.29, 1.82) is 5.26 Å². The number of benzene rings is 1. The van der Waals surface area contributed by atoms with Gasteiger partial charge in [-0.15, -0.1) is 0 Å². The van der Waals surface area contributed by atoms with E-state index in [2.05, 4.69) is 21.7 Å². The molecule has 1 aromatic heterocycles. The molecule has 6 nitrogen and oxygen atoms in total. The van der Waals surface area contributed by atoms with Crippen LogP contribution in [0.3, 0.4) is 0 Å². The van der Waals surface area contributed by atoms with Crippen LogP contribution >= 0.6 is 11.8 Å². The molecule has 2 aromatic rings. The molecule has 0 aliphatic rings. The molecule has 2 rings (SSSR count). The van der Waals surface area contributed by atoms with Gasteiger partial charge in [-0.1, -0.05) is 29.5 Å². The summed E-state index contributed by atoms with van der Waals surface area (Å²) in [4.78, 5) is 29.0. The van der Waals surface area contributed by atoms with E-state index in [-0.39, 0.29) is 0 Å². The number of nitrogens with one attached hydrogen (secondary N) is 2. The fraction of sp³-hybridized carbons (Fsp3) is 0.333. The number of aryl methyl sites for hydroxylation is 3. The van der Waals surface area contributed by atoms with Crippen molar-refractivity contribution in [2.24, 2.45) is 0 Å². The molecular weight excluding hydrogens is 372 g/mol. The standard InChI is InChI=1S/C21H24N4O2S/c1-11-7-8-18(12(2)9-11)24-21(27)25-19(26)16(6)28-20-17(10-22)14(4)13(3)15(5)23-20/h7-9,16H,1-6H3,(H2,24,25,26,27)/t16-/m1/s1. The van der Waals surface area contributed by atoms with Crippen LogP contribution in [0.25, 0.3) is 0 Å². The first-order valence-electron chi connectivity index (χ1n) is 8.87. The van der Waals surface area contributed by atoms with Crippen LogP contribution in [-0.2, 0) is 4.79 Å². The number of imide groups is 1. The lowest BCUT2D eigenvalue weighted by molar-refractivity contribution is -0.119. The molecule has 0 aliphatic heterocycles. The second-order valence-corrected chi connectivity index (χ2v) is 8.09. The van der Waals surface area contributed by atoms with Crippen LogP contribution in [0.1, 0.15) is 40.4 Å². The lowest BCUT2D eigenvalue weighted by Crippen LogP contribution is -2.39. The molecular formula is C21H24N4O2S. The van der Waals surface area contributed by atoms with Crippen LogP contribution in [0.4, 0.5) is 10.5 Å². The Bertz CT molecular complexity index is 979. The molecule has 0 saturated carbocycles. The Kier molecular flexibility index (Phi) is 6.81. The van der Waals surface area contributed by atoms with Crippen molar-refractivity contribution in [3.63, 3.8) is 0 Å². The van der Waals surface area contributed by atoms with Gasteiger partial charge in [-0.25, -0.2) is 9.78 Å². The van der Waals surface area contributed by atoms with E-state index >= 15 is 0 Å². The van der Waals surface area contributed by atoms with E-state index in [1.807, 2.05) is 46.8 Å². The summed E-state index contributed by atoms with van der Waals surface area (Å²) in [7, 11) is 0. The van der Waals surface area contributed by atoms with Crippen LogP contribution in [0, 0.1) is 45.9 Å². The minimum Gasteiger partial charge on any atom is -0.307 e. The quantitative estimate of drug-likeness (QED) is 0.750. The zero-order valence-corrected chi connectivity index (χ0v) is 17.7. The van der Waals surface area contributed by atoms with Gasteiger partial charge in [-0.3, -0.25) is 10.1 Å². The van der Waals surface area contributed by atoms with Crippen LogP contribution in [0.2, 0.25) is 0 Å². The summed E-state index contributed by atoms with van der Waals surface area (Å²) in [6, 6.07) is 7.22. The topological polar surface area (TPSA) is 94.9 Å². The first kappa shape index (κ1) is 21.5. The molecule has 0 aliphatic carbocycles. The lowest BCUT2D eigenvalue weighted by atomic mass is 10.1. The molecule has 1 heterocycles. The molecule has 2 N–H and O–H groups in total. The maximum absolute atomic E-state index is 12.4. The minimum absolute atomic E-state index is 0.450. The summed E-state index contributed by atoms with van der Waals surface area (Å²) < 4.78 is 0. The predicted molar refractivity (Wildman–Crippen MR) is 112 cm³/mol. The highest BCUT2D eigenvalue weighted by Crippen LogP contribution is 2.29. The number of nitrogens with zero attached hydrogens (tertiary/aromatic N) is 2. The van der Waals surface area contributed by atoms with Gasteiger partial charge in [0.05, 0.1) is 10.8 Å². The monoisotopic (exact) mass is 396 g/mol. The molecule has 0 radical (unpaired) electrons. The first-order valence-corrected chi connectivity index (χ1v) is 9.75. The van der Waals surface area contributed by atoms with Gasteiger partial charge in [0.15, 0.2) is 0 Å². The second kappa shape index (κ2) is 8.89. The first-order chi connectivity index (χ1) is 13.1. The van der Waals surface area contributed by atoms with Crippen molar-refractivity contribution in [3.05, 3.63) is 51.7 Å². The Morgan fingerprint density at radius 3 is 2.43 bits per heavy atom. The number of hydrogen-bond donors (Lipinski definition) is 2. The van der Waals surface area contributed by atoms with Gasteiger partial charge in [-0.05, 0) is 64.3 Å². The SMILES string of the molecule is Cc1ccc(NC(=O)NC(=O)[C@@H](C)Sc2nc(C)c(C)c(C)c2C#N)c(C)c1. The Labute approximate surface area is 169 Å². The number of amides is 3. The number of pyridine rings is 1. The van der Waals surface area contributed by atoms with E-state index < -0.39 is 17.2 Å². The van der Waals surface area contributed by atoms with Crippen molar-refractivity contribution < 1.29 is 9.59 Å². The molecule has 1 atom stereocenters. The molecule has 1 aromatic carbocycles. The van der Waals surface area contributed by atoms with E-state index in [4.69, 9.17) is 0 Å². The van der Waals surface area contributed by atoms with Crippen molar-refractivity contribution in [2.75, 3.05) is 5.32 Å². The average molecular weight is 397 g/mol. The van der Waals surface area contributed by atoms with Crippen molar-refractivity contribution in [2.45, 2.75) is 51.8 Å². The number of carbonyl (C=O) groups is 2. The van der Waals surface area contributed by atoms with Crippen molar-refractivity contribution in [1.82, 2.24) is 10.3 Å². The number of urea groups is 1. The van der Waals surface area contributed by atoms with E-state index in [1.54, 1.807) is 13.0 Å². The molecule has 0 bridgehead atoms. The van der Waals surface area contributed by atoms with Gasteiger partial charge >= 0.3 is 6.03 Å². The number of thioether (sulfide) groups is 1. The Hall–Kier alpha value is -2.85. The highest BCUT2D eigenvalue weighted by Gasteiger charge is 2.21. The van der Waals surface area contributed by atoms with E-state index in [0.717, 1.165) is 27.9 Å². The normalized spacial score (nSPS) is 11.5. The zero-order valence-electron chi connectivity index (χ0n) is 16.9. The number of carbonyl (C=O) groups excluding carboxylic acids is 2. The number of aromatic nitrogens is 1. The Balaban J connectivity index is 2.07. The largest absolute Gasteiger partial charge is 0.325 e. The molecule has 146 valence electrons. The highest BCUT2D eigenvalue weighted by molar-refractivity contribution is 8.00. The fourth-order valence-electron chi connectivity index (χ4n) is 2.67. The molecule has 0 fully saturated rings. The van der Waals surface area contributed by atoms with Crippen LogP contribution in [0.15, 0.2) is 23.2 Å². The fourth-order valence-corrected chi connectivity index (χ4v) is 3.68. The predicted octanol–water partition coefficient (Wildman–Crippen LogP) is 4.32. The highest BCUT2D eigenvalue weighted by atomic mass is 32.2. The molecule has 0 saturated heterocycles. The third kappa shape index (κ3) is 4.90. The Morgan fingerprint density at radius 2 is 1.82 bits per heavy atom. The smallest absolute Gasteiger partial charge is 0.307 e. The van der Waals surface area contributed by atoms with E-state index in [1.165, 1.54) is 11.8 Å². The van der Waals surface area contributed by atoms with Gasteiger partial charge in [0.25, 0.3) is 0 Å². The van der Waals surface area contributed by atoms with Crippen LogP contribution in [0.5, 0.6) is 0 Å². The van der Waals surface area contributed by atoms with Gasteiger partial charge in [0, 0.05) is 11.4 Å². The molecule has 3 amide bonds. The maximum Gasteiger partial charge on any atom is 0.325 e. The van der Waals surface area contributed by atoms with Gasteiger partial charge < -0.3 is 5.32 Å². The second-order valence-electron chi connectivity index (χ2n) is 6.76. The van der Waals surface area contributed by atoms with Crippen molar-refractivity contribution in [3.8, 4) is 6.07 Å². The minimum atomic E-state index is -0.592. The Morgan fingerprint density at radius 1 is 1.14 bits per heavy atom. The van der Waals surface area contributed by atoms with Gasteiger partial charge in [0.2, 0.25) is 5.91 Å². The number of nitriles is 1. The van der Waals surface area contributed by atoms with Gasteiger partial charge in [-0.2, -0.15) is 5.26 Å². The summed E-state index contributed by atoms with van der Waals surface area (Å²) >= 11 is 1.17.